The van der Waals surface area contributed by atoms with E-state index in [1.54, 1.807) is 11.0 Å². The van der Waals surface area contributed by atoms with Gasteiger partial charge in [0.1, 0.15) is 23.6 Å². The largest absolute Gasteiger partial charge is 0.444 e. The zero-order valence-electron chi connectivity index (χ0n) is 14.0. The van der Waals surface area contributed by atoms with Crippen LogP contribution in [0.3, 0.4) is 0 Å². The first-order valence-corrected chi connectivity index (χ1v) is 7.57. The second kappa shape index (κ2) is 6.80. The number of amides is 2. The quantitative estimate of drug-likeness (QED) is 0.888. The van der Waals surface area contributed by atoms with Gasteiger partial charge >= 0.3 is 6.09 Å². The lowest BCUT2D eigenvalue weighted by atomic mass is 10.2. The third kappa shape index (κ3) is 5.08. The van der Waals surface area contributed by atoms with Gasteiger partial charge < -0.3 is 19.9 Å². The fraction of sp³-hybridized carbons (Fsp3) is 0.600. The van der Waals surface area contributed by atoms with Gasteiger partial charge in [0.05, 0.1) is 0 Å². The fourth-order valence-electron chi connectivity index (χ4n) is 2.21. The Hall–Kier alpha value is -2.38. The van der Waals surface area contributed by atoms with Crippen molar-refractivity contribution in [2.24, 2.45) is 0 Å². The Morgan fingerprint density at radius 2 is 1.83 bits per heavy atom. The van der Waals surface area contributed by atoms with E-state index in [1.807, 2.05) is 25.7 Å². The van der Waals surface area contributed by atoms with E-state index in [9.17, 15) is 9.59 Å². The molecule has 126 valence electrons. The minimum absolute atomic E-state index is 0.176. The Balaban J connectivity index is 1.94. The fourth-order valence-corrected chi connectivity index (χ4v) is 2.21. The van der Waals surface area contributed by atoms with Crippen molar-refractivity contribution in [2.75, 3.05) is 36.4 Å². The van der Waals surface area contributed by atoms with E-state index in [1.165, 1.54) is 13.3 Å². The van der Waals surface area contributed by atoms with E-state index in [-0.39, 0.29) is 12.0 Å². The average Bonchev–Trinajstić information content (AvgIpc) is 2.45. The van der Waals surface area contributed by atoms with Crippen LogP contribution in [0.25, 0.3) is 0 Å². The molecule has 0 aromatic carbocycles. The summed E-state index contributed by atoms with van der Waals surface area (Å²) in [5, 5.41) is 2.64. The molecule has 0 bridgehead atoms. The van der Waals surface area contributed by atoms with Crippen molar-refractivity contribution < 1.29 is 14.3 Å². The number of nitrogens with zero attached hydrogens (tertiary/aromatic N) is 4. The molecule has 23 heavy (non-hydrogen) atoms. The highest BCUT2D eigenvalue weighted by Crippen LogP contribution is 2.17. The van der Waals surface area contributed by atoms with Crippen molar-refractivity contribution in [3.8, 4) is 0 Å². The zero-order chi connectivity index (χ0) is 17.0. The topological polar surface area (TPSA) is 87.7 Å². The molecule has 1 fully saturated rings. The van der Waals surface area contributed by atoms with Crippen LogP contribution < -0.4 is 10.2 Å². The third-order valence-corrected chi connectivity index (χ3v) is 3.21. The Bertz CT molecular complexity index is 577. The maximum Gasteiger partial charge on any atom is 0.410 e. The van der Waals surface area contributed by atoms with Gasteiger partial charge in [-0.15, -0.1) is 0 Å². The summed E-state index contributed by atoms with van der Waals surface area (Å²) < 4.78 is 5.38. The molecule has 1 aliphatic rings. The number of rotatable bonds is 2. The second-order valence-electron chi connectivity index (χ2n) is 6.40. The molecule has 0 saturated carbocycles. The average molecular weight is 321 g/mol. The van der Waals surface area contributed by atoms with Crippen molar-refractivity contribution in [1.82, 2.24) is 14.9 Å². The normalized spacial score (nSPS) is 15.3. The predicted molar refractivity (Wildman–Crippen MR) is 86.4 cm³/mol. The Morgan fingerprint density at radius 1 is 1.17 bits per heavy atom. The molecule has 8 heteroatoms. The summed E-state index contributed by atoms with van der Waals surface area (Å²) >= 11 is 0. The second-order valence-corrected chi connectivity index (χ2v) is 6.40. The molecular weight excluding hydrogens is 298 g/mol. The minimum atomic E-state index is -0.492. The highest BCUT2D eigenvalue weighted by Gasteiger charge is 2.26. The molecule has 2 amide bonds. The van der Waals surface area contributed by atoms with Crippen molar-refractivity contribution in [3.05, 3.63) is 12.4 Å². The molecule has 0 aliphatic carbocycles. The molecule has 1 N–H and O–H groups in total. The number of hydrogen-bond donors (Lipinski definition) is 1. The van der Waals surface area contributed by atoms with Crippen LogP contribution in [0.4, 0.5) is 16.4 Å². The molecule has 0 unspecified atom stereocenters. The van der Waals surface area contributed by atoms with Gasteiger partial charge in [0.25, 0.3) is 0 Å². The monoisotopic (exact) mass is 321 g/mol. The van der Waals surface area contributed by atoms with Gasteiger partial charge in [-0.2, -0.15) is 0 Å². The van der Waals surface area contributed by atoms with Crippen molar-refractivity contribution in [2.45, 2.75) is 33.3 Å². The SMILES string of the molecule is CC(=O)Nc1cc(N2CCN(C(=O)OC(C)(C)C)CC2)ncn1. The standard InChI is InChI=1S/C15H23N5O3/c1-11(21)18-12-9-13(17-10-16-12)19-5-7-20(8-6-19)14(22)23-15(2,3)4/h9-10H,5-8H2,1-4H3,(H,16,17,18,21). The van der Waals surface area contributed by atoms with Gasteiger partial charge in [0.15, 0.2) is 0 Å². The summed E-state index contributed by atoms with van der Waals surface area (Å²) in [5.74, 6) is 1.02. The Morgan fingerprint density at radius 3 is 2.39 bits per heavy atom. The minimum Gasteiger partial charge on any atom is -0.444 e. The van der Waals surface area contributed by atoms with Crippen LogP contribution in [0.1, 0.15) is 27.7 Å². The first-order chi connectivity index (χ1) is 10.7. The molecule has 8 nitrogen and oxygen atoms in total. The van der Waals surface area contributed by atoms with Gasteiger partial charge in [0.2, 0.25) is 5.91 Å². The number of ether oxygens (including phenoxy) is 1. The summed E-state index contributed by atoms with van der Waals surface area (Å²) in [4.78, 5) is 35.1. The smallest absolute Gasteiger partial charge is 0.410 e. The van der Waals surface area contributed by atoms with Gasteiger partial charge in [-0.3, -0.25) is 4.79 Å². The van der Waals surface area contributed by atoms with Crippen molar-refractivity contribution >= 4 is 23.6 Å². The molecule has 0 spiro atoms. The van der Waals surface area contributed by atoms with Crippen LogP contribution in [0.15, 0.2) is 12.4 Å². The highest BCUT2D eigenvalue weighted by molar-refractivity contribution is 5.87. The summed E-state index contributed by atoms with van der Waals surface area (Å²) in [6.45, 7) is 9.42. The molecule has 1 saturated heterocycles. The van der Waals surface area contributed by atoms with Crippen LogP contribution in [-0.2, 0) is 9.53 Å². The highest BCUT2D eigenvalue weighted by atomic mass is 16.6. The van der Waals surface area contributed by atoms with Crippen molar-refractivity contribution in [1.29, 1.82) is 0 Å². The summed E-state index contributed by atoms with van der Waals surface area (Å²) in [5.41, 5.74) is -0.492. The molecule has 2 heterocycles. The Kier molecular flexibility index (Phi) is 5.02. The number of carbonyl (C=O) groups is 2. The predicted octanol–water partition coefficient (Wildman–Crippen LogP) is 1.49. The number of hydrogen-bond acceptors (Lipinski definition) is 6. The van der Waals surface area contributed by atoms with Crippen LogP contribution in [0.2, 0.25) is 0 Å². The molecular formula is C15H23N5O3. The molecule has 2 rings (SSSR count). The lowest BCUT2D eigenvalue weighted by Crippen LogP contribution is -2.50. The zero-order valence-corrected chi connectivity index (χ0v) is 14.0. The van der Waals surface area contributed by atoms with Gasteiger partial charge in [-0.25, -0.2) is 14.8 Å². The molecule has 0 radical (unpaired) electrons. The summed E-state index contributed by atoms with van der Waals surface area (Å²) in [7, 11) is 0. The lowest BCUT2D eigenvalue weighted by Gasteiger charge is -2.36. The van der Waals surface area contributed by atoms with Crippen LogP contribution in [-0.4, -0.2) is 58.6 Å². The molecule has 1 aliphatic heterocycles. The molecule has 0 atom stereocenters. The summed E-state index contributed by atoms with van der Waals surface area (Å²) in [6.07, 6.45) is 1.12. The van der Waals surface area contributed by atoms with Gasteiger partial charge in [-0.1, -0.05) is 0 Å². The molecule has 1 aromatic heterocycles. The van der Waals surface area contributed by atoms with E-state index in [2.05, 4.69) is 15.3 Å². The number of anilines is 2. The summed E-state index contributed by atoms with van der Waals surface area (Å²) in [6, 6.07) is 1.73. The number of aromatic nitrogens is 2. The third-order valence-electron chi connectivity index (χ3n) is 3.21. The van der Waals surface area contributed by atoms with Crippen LogP contribution in [0.5, 0.6) is 0 Å². The van der Waals surface area contributed by atoms with Crippen LogP contribution >= 0.6 is 0 Å². The van der Waals surface area contributed by atoms with Crippen molar-refractivity contribution in [3.63, 3.8) is 0 Å². The van der Waals surface area contributed by atoms with E-state index < -0.39 is 5.60 Å². The van der Waals surface area contributed by atoms with Gasteiger partial charge in [0, 0.05) is 39.2 Å². The maximum atomic E-state index is 12.0. The lowest BCUT2D eigenvalue weighted by molar-refractivity contribution is -0.114. The Labute approximate surface area is 135 Å². The van der Waals surface area contributed by atoms with E-state index >= 15 is 0 Å². The van der Waals surface area contributed by atoms with E-state index in [4.69, 9.17) is 4.74 Å². The molecule has 1 aromatic rings. The number of carbonyl (C=O) groups excluding carboxylic acids is 2. The number of nitrogens with one attached hydrogen (secondary N) is 1. The van der Waals surface area contributed by atoms with E-state index in [0.29, 0.717) is 32.0 Å². The van der Waals surface area contributed by atoms with Gasteiger partial charge in [-0.05, 0) is 20.8 Å². The maximum absolute atomic E-state index is 12.0. The first kappa shape index (κ1) is 17.0. The first-order valence-electron chi connectivity index (χ1n) is 7.57. The number of piperazine rings is 1. The van der Waals surface area contributed by atoms with Crippen LogP contribution in [0, 0.1) is 0 Å². The van der Waals surface area contributed by atoms with E-state index in [0.717, 1.165) is 5.82 Å².